The average molecular weight is 361 g/mol. The van der Waals surface area contributed by atoms with Crippen LogP contribution in [0.4, 0.5) is 0 Å². The van der Waals surface area contributed by atoms with Gasteiger partial charge in [-0.25, -0.2) is 4.98 Å². The molecule has 4 rings (SSSR count). The molecule has 1 aromatic heterocycles. The minimum Gasteiger partial charge on any atom is -0.847 e. The largest absolute Gasteiger partial charge is 0.847 e. The zero-order chi connectivity index (χ0) is 18.8. The van der Waals surface area contributed by atoms with Crippen LogP contribution in [0.2, 0.25) is 0 Å². The van der Waals surface area contributed by atoms with Gasteiger partial charge < -0.3 is 14.8 Å². The summed E-state index contributed by atoms with van der Waals surface area (Å²) in [5.41, 5.74) is 4.93. The summed E-state index contributed by atoms with van der Waals surface area (Å²) in [7, 11) is 0. The number of aromatic nitrogens is 2. The van der Waals surface area contributed by atoms with Gasteiger partial charge in [-0.05, 0) is 46.9 Å². The highest BCUT2D eigenvalue weighted by atomic mass is 16.3. The maximum Gasteiger partial charge on any atom is 0.0945 e. The molecule has 1 N–H and O–H groups in total. The van der Waals surface area contributed by atoms with Crippen LogP contribution in [0.5, 0.6) is 0 Å². The number of benzene rings is 2. The van der Waals surface area contributed by atoms with Gasteiger partial charge in [-0.1, -0.05) is 61.6 Å². The number of hydrogen-bond acceptors (Lipinski definition) is 3. The van der Waals surface area contributed by atoms with Crippen molar-refractivity contribution in [3.63, 3.8) is 0 Å². The highest BCUT2D eigenvalue weighted by Gasteiger charge is 2.31. The van der Waals surface area contributed by atoms with Crippen molar-refractivity contribution >= 4 is 0 Å². The van der Waals surface area contributed by atoms with Gasteiger partial charge in [-0.15, -0.1) is 0 Å². The van der Waals surface area contributed by atoms with Crippen molar-refractivity contribution in [1.29, 1.82) is 0 Å². The van der Waals surface area contributed by atoms with E-state index in [1.54, 1.807) is 13.1 Å². The molecule has 1 fully saturated rings. The number of aliphatic hydroxyl groups is 1. The molecule has 2 aromatic carbocycles. The first-order valence-corrected chi connectivity index (χ1v) is 9.59. The Bertz CT molecular complexity index is 876. The normalized spacial score (nSPS) is 20.3. The molecule has 0 amide bonds. The van der Waals surface area contributed by atoms with Gasteiger partial charge in [0.05, 0.1) is 12.4 Å². The molecule has 1 aliphatic rings. The zero-order valence-corrected chi connectivity index (χ0v) is 15.6. The van der Waals surface area contributed by atoms with E-state index in [4.69, 9.17) is 5.11 Å². The molecule has 0 radical (unpaired) electrons. The van der Waals surface area contributed by atoms with Crippen molar-refractivity contribution in [3.8, 4) is 0 Å². The Balaban J connectivity index is 1.36. The van der Waals surface area contributed by atoms with Crippen LogP contribution in [0.3, 0.4) is 0 Å². The number of hydrogen-bond donors (Lipinski definition) is 1. The molecular weight excluding hydrogens is 336 g/mol. The van der Waals surface area contributed by atoms with Crippen molar-refractivity contribution in [2.45, 2.75) is 50.9 Å². The Morgan fingerprint density at radius 2 is 1.56 bits per heavy atom. The summed E-state index contributed by atoms with van der Waals surface area (Å²) in [6, 6.07) is 17.1. The fraction of sp³-hybridized carbons (Fsp3) is 0.348. The maximum absolute atomic E-state index is 11.7. The van der Waals surface area contributed by atoms with Crippen LogP contribution in [0.15, 0.2) is 60.9 Å². The summed E-state index contributed by atoms with van der Waals surface area (Å²) in [5, 5.41) is 20.8. The molecule has 0 bridgehead atoms. The lowest BCUT2D eigenvalue weighted by atomic mass is 9.68. The molecule has 4 heteroatoms. The van der Waals surface area contributed by atoms with E-state index in [9.17, 15) is 5.11 Å². The van der Waals surface area contributed by atoms with Crippen LogP contribution in [-0.4, -0.2) is 14.7 Å². The fourth-order valence-corrected chi connectivity index (χ4v) is 3.96. The summed E-state index contributed by atoms with van der Waals surface area (Å²) < 4.78 is 1.93. The predicted octanol–water partition coefficient (Wildman–Crippen LogP) is 3.51. The average Bonchev–Trinajstić information content (AvgIpc) is 3.11. The summed E-state index contributed by atoms with van der Waals surface area (Å²) >= 11 is 0. The number of rotatable bonds is 6. The molecule has 4 nitrogen and oxygen atoms in total. The van der Waals surface area contributed by atoms with Crippen LogP contribution in [0.1, 0.15) is 65.8 Å². The van der Waals surface area contributed by atoms with Crippen LogP contribution < -0.4 is 5.11 Å². The van der Waals surface area contributed by atoms with Gasteiger partial charge in [0, 0.05) is 18.9 Å². The van der Waals surface area contributed by atoms with Gasteiger partial charge in [-0.3, -0.25) is 0 Å². The maximum atomic E-state index is 11.7. The molecular formula is C23H25N2O2-. The van der Waals surface area contributed by atoms with Crippen molar-refractivity contribution in [1.82, 2.24) is 9.55 Å². The summed E-state index contributed by atoms with van der Waals surface area (Å²) in [4.78, 5) is 4.16. The first kappa shape index (κ1) is 18.0. The second-order valence-corrected chi connectivity index (χ2v) is 7.56. The minimum atomic E-state index is -0.808. The van der Waals surface area contributed by atoms with Gasteiger partial charge in [0.15, 0.2) is 0 Å². The molecule has 3 aromatic rings. The van der Waals surface area contributed by atoms with E-state index >= 15 is 0 Å². The SMILES string of the molecule is CC([O-])c1nccn1Cc1ccc(C2CC(c3ccc(CO)cc3)C2)cc1. The van der Waals surface area contributed by atoms with Crippen molar-refractivity contribution < 1.29 is 10.2 Å². The van der Waals surface area contributed by atoms with E-state index in [1.807, 2.05) is 22.9 Å². The third kappa shape index (κ3) is 3.82. The lowest BCUT2D eigenvalue weighted by molar-refractivity contribution is -0.423. The highest BCUT2D eigenvalue weighted by Crippen LogP contribution is 2.47. The molecule has 0 aliphatic heterocycles. The smallest absolute Gasteiger partial charge is 0.0945 e. The second-order valence-electron chi connectivity index (χ2n) is 7.56. The lowest BCUT2D eigenvalue weighted by Gasteiger charge is -2.36. The first-order chi connectivity index (χ1) is 13.1. The number of aliphatic hydroxyl groups excluding tert-OH is 1. The lowest BCUT2D eigenvalue weighted by Crippen LogP contribution is -2.20. The van der Waals surface area contributed by atoms with Gasteiger partial charge in [0.25, 0.3) is 0 Å². The minimum absolute atomic E-state index is 0.105. The van der Waals surface area contributed by atoms with Crippen molar-refractivity contribution in [2.24, 2.45) is 0 Å². The molecule has 1 atom stereocenters. The highest BCUT2D eigenvalue weighted by molar-refractivity contribution is 5.32. The van der Waals surface area contributed by atoms with E-state index < -0.39 is 6.10 Å². The Morgan fingerprint density at radius 1 is 1.00 bits per heavy atom. The van der Waals surface area contributed by atoms with E-state index in [2.05, 4.69) is 41.4 Å². The Morgan fingerprint density at radius 3 is 2.07 bits per heavy atom. The van der Waals surface area contributed by atoms with Gasteiger partial charge in [-0.2, -0.15) is 0 Å². The molecule has 140 valence electrons. The van der Waals surface area contributed by atoms with Crippen LogP contribution >= 0.6 is 0 Å². The topological polar surface area (TPSA) is 61.1 Å². The van der Waals surface area contributed by atoms with E-state index in [-0.39, 0.29) is 6.61 Å². The monoisotopic (exact) mass is 361 g/mol. The predicted molar refractivity (Wildman–Crippen MR) is 103 cm³/mol. The summed E-state index contributed by atoms with van der Waals surface area (Å²) in [6.07, 6.45) is 5.11. The standard InChI is InChI=1S/C23H25N2O2/c1-16(27)23-24-10-11-25(23)14-17-2-6-19(7-3-17)21-12-22(13-21)20-8-4-18(15-26)5-9-20/h2-11,16,21-22,26H,12-15H2,1H3/q-1. The van der Waals surface area contributed by atoms with Crippen LogP contribution in [0.25, 0.3) is 0 Å². The molecule has 0 saturated heterocycles. The zero-order valence-electron chi connectivity index (χ0n) is 15.6. The molecule has 27 heavy (non-hydrogen) atoms. The number of imidazole rings is 1. The second kappa shape index (κ2) is 7.67. The summed E-state index contributed by atoms with van der Waals surface area (Å²) in [5.74, 6) is 1.83. The van der Waals surface area contributed by atoms with E-state index in [0.717, 1.165) is 5.56 Å². The molecule has 1 unspecified atom stereocenters. The van der Waals surface area contributed by atoms with Gasteiger partial charge >= 0.3 is 0 Å². The quantitative estimate of drug-likeness (QED) is 0.731. The molecule has 1 aliphatic carbocycles. The molecule has 0 spiro atoms. The van der Waals surface area contributed by atoms with Gasteiger partial charge in [0.2, 0.25) is 0 Å². The van der Waals surface area contributed by atoms with Crippen molar-refractivity contribution in [3.05, 3.63) is 89.0 Å². The fourth-order valence-electron chi connectivity index (χ4n) is 3.96. The number of nitrogens with zero attached hydrogens (tertiary/aromatic N) is 2. The van der Waals surface area contributed by atoms with E-state index in [1.165, 1.54) is 29.5 Å². The molecule has 1 heterocycles. The van der Waals surface area contributed by atoms with E-state index in [0.29, 0.717) is 24.2 Å². The third-order valence-corrected chi connectivity index (χ3v) is 5.69. The Labute approximate surface area is 160 Å². The Kier molecular flexibility index (Phi) is 5.10. The third-order valence-electron chi connectivity index (χ3n) is 5.69. The Hall–Kier alpha value is -2.43. The molecule has 1 saturated carbocycles. The first-order valence-electron chi connectivity index (χ1n) is 9.59. The van der Waals surface area contributed by atoms with Crippen LogP contribution in [-0.2, 0) is 13.2 Å². The van der Waals surface area contributed by atoms with Gasteiger partial charge in [0.1, 0.15) is 0 Å². The summed E-state index contributed by atoms with van der Waals surface area (Å²) in [6.45, 7) is 2.42. The van der Waals surface area contributed by atoms with Crippen LogP contribution in [0, 0.1) is 0 Å². The van der Waals surface area contributed by atoms with Crippen molar-refractivity contribution in [2.75, 3.05) is 0 Å².